The number of rotatable bonds is 7. The van der Waals surface area contributed by atoms with Crippen LogP contribution in [0.15, 0.2) is 89.7 Å². The lowest BCUT2D eigenvalue weighted by atomic mass is 10.1. The van der Waals surface area contributed by atoms with Gasteiger partial charge in [-0.15, -0.1) is 0 Å². The monoisotopic (exact) mass is 460 g/mol. The van der Waals surface area contributed by atoms with Crippen molar-refractivity contribution >= 4 is 13.5 Å². The van der Waals surface area contributed by atoms with E-state index >= 15 is 0 Å². The quantitative estimate of drug-likeness (QED) is 0.365. The fourth-order valence-electron chi connectivity index (χ4n) is 3.69. The molecule has 0 spiro atoms. The van der Waals surface area contributed by atoms with E-state index < -0.39 is 7.82 Å². The number of furan rings is 1. The van der Waals surface area contributed by atoms with Gasteiger partial charge in [-0.3, -0.25) is 8.97 Å². The zero-order chi connectivity index (χ0) is 22.8. The molecule has 1 atom stereocenters. The second-order valence-corrected chi connectivity index (χ2v) is 8.59. The topological polar surface area (TPSA) is 113 Å². The fourth-order valence-corrected chi connectivity index (χ4v) is 4.10. The molecule has 0 saturated heterocycles. The first-order valence-corrected chi connectivity index (χ1v) is 11.7. The number of phosphoric acid groups is 1. The number of aromatic nitrogens is 3. The van der Waals surface area contributed by atoms with Crippen LogP contribution in [0.25, 0.3) is 16.9 Å². The van der Waals surface area contributed by atoms with Gasteiger partial charge in [0.1, 0.15) is 11.5 Å². The zero-order valence-corrected chi connectivity index (χ0v) is 18.3. The average molecular weight is 460 g/mol. The van der Waals surface area contributed by atoms with E-state index in [0.717, 1.165) is 11.1 Å². The van der Waals surface area contributed by atoms with Crippen LogP contribution in [0.1, 0.15) is 22.7 Å². The van der Waals surface area contributed by atoms with Crippen LogP contribution >= 0.6 is 7.82 Å². The zero-order valence-electron chi connectivity index (χ0n) is 17.4. The third kappa shape index (κ3) is 4.73. The summed E-state index contributed by atoms with van der Waals surface area (Å²) in [6, 6.07) is 22.8. The minimum absolute atomic E-state index is 0.101. The summed E-state index contributed by atoms with van der Waals surface area (Å²) in [4.78, 5) is 30.7. The molecule has 5 rings (SSSR count). The summed E-state index contributed by atoms with van der Waals surface area (Å²) < 4.78 is 23.7. The van der Waals surface area contributed by atoms with E-state index in [4.69, 9.17) is 13.9 Å². The molecule has 33 heavy (non-hydrogen) atoms. The molecule has 0 fully saturated rings. The summed E-state index contributed by atoms with van der Waals surface area (Å²) in [6.07, 6.45) is 3.82. The van der Waals surface area contributed by atoms with Crippen LogP contribution in [0.5, 0.6) is 5.88 Å². The number of phosphoric ester groups is 1. The summed E-state index contributed by atoms with van der Waals surface area (Å²) >= 11 is 0. The normalized spacial score (nSPS) is 13.2. The van der Waals surface area contributed by atoms with Gasteiger partial charge in [0.05, 0.1) is 24.1 Å². The van der Waals surface area contributed by atoms with Gasteiger partial charge in [0.25, 0.3) is 0 Å². The Kier molecular flexibility index (Phi) is 5.56. The minimum atomic E-state index is -5.11. The molecular formula is C24H19N3O5P-. The van der Waals surface area contributed by atoms with Crippen LogP contribution in [0.3, 0.4) is 0 Å². The van der Waals surface area contributed by atoms with Crippen LogP contribution in [-0.4, -0.2) is 19.3 Å². The molecule has 0 aliphatic heterocycles. The van der Waals surface area contributed by atoms with Crippen molar-refractivity contribution in [2.45, 2.75) is 12.8 Å². The maximum atomic E-state index is 11.7. The highest BCUT2D eigenvalue weighted by atomic mass is 31.2. The van der Waals surface area contributed by atoms with Crippen molar-refractivity contribution in [2.24, 2.45) is 0 Å². The van der Waals surface area contributed by atoms with Crippen molar-refractivity contribution < 1.29 is 23.3 Å². The number of hydrogen-bond donors (Lipinski definition) is 1. The molecule has 0 amide bonds. The number of hydrogen-bond acceptors (Lipinski definition) is 6. The third-order valence-electron chi connectivity index (χ3n) is 5.11. The molecule has 1 unspecified atom stereocenters. The number of imidazole rings is 1. The Morgan fingerprint density at radius 2 is 1.67 bits per heavy atom. The summed E-state index contributed by atoms with van der Waals surface area (Å²) in [5.74, 6) is 0.471. The molecule has 5 aromatic rings. The molecule has 3 aromatic heterocycles. The Morgan fingerprint density at radius 3 is 2.33 bits per heavy atom. The van der Waals surface area contributed by atoms with Gasteiger partial charge in [-0.2, -0.15) is 0 Å². The Labute approximate surface area is 189 Å². The first-order chi connectivity index (χ1) is 16.0. The Bertz CT molecular complexity index is 1430. The molecule has 0 aliphatic carbocycles. The number of nitrogens with zero attached hydrogens (tertiary/aromatic N) is 3. The van der Waals surface area contributed by atoms with Gasteiger partial charge in [-0.05, 0) is 17.7 Å². The maximum Gasteiger partial charge on any atom is 0.318 e. The maximum absolute atomic E-state index is 11.7. The van der Waals surface area contributed by atoms with Gasteiger partial charge in [-0.1, -0.05) is 60.7 Å². The molecule has 1 N–H and O–H groups in total. The van der Waals surface area contributed by atoms with Crippen molar-refractivity contribution in [3.8, 4) is 17.1 Å². The minimum Gasteiger partial charge on any atom is -0.746 e. The van der Waals surface area contributed by atoms with Crippen LogP contribution in [-0.2, 0) is 17.4 Å². The van der Waals surface area contributed by atoms with Gasteiger partial charge >= 0.3 is 7.82 Å². The molecule has 0 radical (unpaired) electrons. The lowest BCUT2D eigenvalue weighted by Gasteiger charge is -2.17. The second kappa shape index (κ2) is 8.67. The molecule has 0 bridgehead atoms. The highest BCUT2D eigenvalue weighted by Crippen LogP contribution is 2.38. The summed E-state index contributed by atoms with van der Waals surface area (Å²) in [5, 5.41) is 0. The molecule has 3 heterocycles. The smallest absolute Gasteiger partial charge is 0.318 e. The molecule has 0 aliphatic rings. The lowest BCUT2D eigenvalue weighted by molar-refractivity contribution is -0.211. The predicted octanol–water partition coefficient (Wildman–Crippen LogP) is 4.01. The Balaban J connectivity index is 1.73. The van der Waals surface area contributed by atoms with Gasteiger partial charge in [0.15, 0.2) is 5.65 Å². The van der Waals surface area contributed by atoms with E-state index in [0.29, 0.717) is 34.9 Å². The van der Waals surface area contributed by atoms with Crippen LogP contribution in [0.2, 0.25) is 0 Å². The second-order valence-electron chi connectivity index (χ2n) is 7.47. The molecule has 2 aromatic carbocycles. The van der Waals surface area contributed by atoms with E-state index in [1.54, 1.807) is 18.3 Å². The first kappa shape index (κ1) is 21.2. The molecule has 8 nitrogen and oxygen atoms in total. The van der Waals surface area contributed by atoms with Gasteiger partial charge in [0.2, 0.25) is 5.88 Å². The van der Waals surface area contributed by atoms with Crippen molar-refractivity contribution in [1.29, 1.82) is 0 Å². The van der Waals surface area contributed by atoms with Crippen molar-refractivity contribution in [3.05, 3.63) is 108 Å². The number of fused-ring (bicyclic) bond motifs is 1. The van der Waals surface area contributed by atoms with Crippen LogP contribution < -0.4 is 9.42 Å². The Morgan fingerprint density at radius 1 is 0.939 bits per heavy atom. The molecule has 9 heteroatoms. The van der Waals surface area contributed by atoms with E-state index in [9.17, 15) is 14.4 Å². The first-order valence-electron chi connectivity index (χ1n) is 10.2. The van der Waals surface area contributed by atoms with Crippen molar-refractivity contribution in [3.63, 3.8) is 0 Å². The third-order valence-corrected chi connectivity index (χ3v) is 5.51. The van der Waals surface area contributed by atoms with Crippen molar-refractivity contribution in [1.82, 2.24) is 14.4 Å². The summed E-state index contributed by atoms with van der Waals surface area (Å²) in [7, 11) is -5.11. The standard InChI is InChI=1S/C24H20N3O5P/c28-33(29,30)32-24-21(15-19-12-7-13-31-19)26-23-20(14-17-8-3-1-4-9-17)25-22(16-27(23)24)18-10-5-2-6-11-18/h1-13,16H,14-15H2,(H2,28,29,30)/p-1. The summed E-state index contributed by atoms with van der Waals surface area (Å²) in [6.45, 7) is 0. The number of benzene rings is 2. The average Bonchev–Trinajstić information content (AvgIpc) is 3.43. The van der Waals surface area contributed by atoms with Gasteiger partial charge in [-0.25, -0.2) is 9.97 Å². The van der Waals surface area contributed by atoms with Gasteiger partial charge in [0, 0.05) is 18.2 Å². The fraction of sp³-hybridized carbons (Fsp3) is 0.0833. The summed E-state index contributed by atoms with van der Waals surface area (Å²) in [5.41, 5.74) is 3.85. The van der Waals surface area contributed by atoms with E-state index in [-0.39, 0.29) is 12.3 Å². The van der Waals surface area contributed by atoms with E-state index in [2.05, 4.69) is 4.98 Å². The molecule has 0 saturated carbocycles. The highest BCUT2D eigenvalue weighted by molar-refractivity contribution is 7.45. The van der Waals surface area contributed by atoms with Crippen LogP contribution in [0.4, 0.5) is 0 Å². The Hall–Kier alpha value is -3.71. The van der Waals surface area contributed by atoms with Crippen LogP contribution in [0, 0.1) is 0 Å². The molecule has 166 valence electrons. The van der Waals surface area contributed by atoms with E-state index in [1.165, 1.54) is 10.7 Å². The van der Waals surface area contributed by atoms with E-state index in [1.807, 2.05) is 60.7 Å². The highest BCUT2D eigenvalue weighted by Gasteiger charge is 2.22. The molecular weight excluding hydrogens is 441 g/mol. The van der Waals surface area contributed by atoms with Gasteiger partial charge < -0.3 is 18.7 Å². The largest absolute Gasteiger partial charge is 0.746 e. The van der Waals surface area contributed by atoms with Crippen molar-refractivity contribution in [2.75, 3.05) is 0 Å². The SMILES string of the molecule is O=P([O-])(O)Oc1c(Cc2ccco2)nc2c(Cc3ccccc3)nc(-c3ccccc3)cn12. The predicted molar refractivity (Wildman–Crippen MR) is 120 cm³/mol. The lowest BCUT2D eigenvalue weighted by Crippen LogP contribution is -2.09.